The molecule has 1 unspecified atom stereocenters. The van der Waals surface area contributed by atoms with Crippen LogP contribution in [0.2, 0.25) is 0 Å². The molecule has 0 aliphatic rings. The number of nitrogens with one attached hydrogen (secondary N) is 1. The second-order valence-electron chi connectivity index (χ2n) is 2.70. The second-order valence-corrected chi connectivity index (χ2v) is 2.70. The maximum atomic E-state index is 5.19. The molecule has 2 nitrogen and oxygen atoms in total. The van der Waals surface area contributed by atoms with Gasteiger partial charge in [-0.05, 0) is 12.6 Å². The summed E-state index contributed by atoms with van der Waals surface area (Å²) in [5, 5.41) is 3.08. The van der Waals surface area contributed by atoms with E-state index in [0.29, 0.717) is 0 Å². The summed E-state index contributed by atoms with van der Waals surface area (Å²) in [6, 6.07) is 10.3. The van der Waals surface area contributed by atoms with Crippen LogP contribution in [-0.4, -0.2) is 20.4 Å². The number of methoxy groups -OCH3 is 1. The zero-order valence-electron chi connectivity index (χ0n) is 7.58. The standard InChI is InChI=1S/C10H15NO/c1-11-10(12-2)8-9-6-4-3-5-7-9/h3-7,10-11H,8H2,1-2H3. The van der Waals surface area contributed by atoms with Gasteiger partial charge in [0.25, 0.3) is 0 Å². The first-order valence-corrected chi connectivity index (χ1v) is 4.11. The summed E-state index contributed by atoms with van der Waals surface area (Å²) in [6.07, 6.45) is 1.03. The molecule has 0 aliphatic heterocycles. The van der Waals surface area contributed by atoms with Crippen LogP contribution < -0.4 is 5.32 Å². The number of hydrogen-bond acceptors (Lipinski definition) is 2. The Morgan fingerprint density at radius 3 is 2.50 bits per heavy atom. The summed E-state index contributed by atoms with van der Waals surface area (Å²) >= 11 is 0. The normalized spacial score (nSPS) is 12.8. The summed E-state index contributed by atoms with van der Waals surface area (Å²) in [5.41, 5.74) is 1.29. The van der Waals surface area contributed by atoms with Gasteiger partial charge in [-0.2, -0.15) is 0 Å². The van der Waals surface area contributed by atoms with Gasteiger partial charge in [-0.15, -0.1) is 0 Å². The Bertz CT molecular complexity index is 206. The Hall–Kier alpha value is -0.860. The lowest BCUT2D eigenvalue weighted by Gasteiger charge is -2.13. The molecule has 66 valence electrons. The highest BCUT2D eigenvalue weighted by molar-refractivity contribution is 5.15. The number of benzene rings is 1. The lowest BCUT2D eigenvalue weighted by atomic mass is 10.1. The number of hydrogen-bond donors (Lipinski definition) is 1. The minimum atomic E-state index is 0.118. The zero-order valence-corrected chi connectivity index (χ0v) is 7.58. The topological polar surface area (TPSA) is 21.3 Å². The van der Waals surface area contributed by atoms with Crippen molar-refractivity contribution in [2.45, 2.75) is 12.6 Å². The number of ether oxygens (including phenoxy) is 1. The van der Waals surface area contributed by atoms with Crippen LogP contribution in [0.4, 0.5) is 0 Å². The molecule has 12 heavy (non-hydrogen) atoms. The third-order valence-corrected chi connectivity index (χ3v) is 1.87. The van der Waals surface area contributed by atoms with Gasteiger partial charge in [-0.3, -0.25) is 5.32 Å². The summed E-state index contributed by atoms with van der Waals surface area (Å²) in [4.78, 5) is 0. The molecule has 1 aromatic carbocycles. The van der Waals surface area contributed by atoms with Gasteiger partial charge in [0, 0.05) is 13.5 Å². The molecule has 0 fully saturated rings. The van der Waals surface area contributed by atoms with Crippen molar-refractivity contribution in [3.05, 3.63) is 35.9 Å². The molecule has 0 aromatic heterocycles. The van der Waals surface area contributed by atoms with Crippen LogP contribution in [-0.2, 0) is 11.2 Å². The van der Waals surface area contributed by atoms with Crippen molar-refractivity contribution in [2.24, 2.45) is 0 Å². The summed E-state index contributed by atoms with van der Waals surface area (Å²) in [6.45, 7) is 0. The van der Waals surface area contributed by atoms with Gasteiger partial charge in [0.2, 0.25) is 0 Å². The van der Waals surface area contributed by atoms with Crippen LogP contribution in [0.25, 0.3) is 0 Å². The van der Waals surface area contributed by atoms with Crippen molar-refractivity contribution in [3.63, 3.8) is 0 Å². The fourth-order valence-electron chi connectivity index (χ4n) is 1.13. The Labute approximate surface area is 73.6 Å². The molecule has 1 atom stereocenters. The molecule has 0 saturated carbocycles. The van der Waals surface area contributed by atoms with E-state index in [1.807, 2.05) is 25.2 Å². The largest absolute Gasteiger partial charge is 0.366 e. The van der Waals surface area contributed by atoms with Crippen LogP contribution in [0.5, 0.6) is 0 Å². The van der Waals surface area contributed by atoms with Crippen LogP contribution >= 0.6 is 0 Å². The minimum absolute atomic E-state index is 0.118. The highest BCUT2D eigenvalue weighted by atomic mass is 16.5. The summed E-state index contributed by atoms with van der Waals surface area (Å²) < 4.78 is 5.19. The highest BCUT2D eigenvalue weighted by Crippen LogP contribution is 2.02. The Kier molecular flexibility index (Phi) is 3.77. The Morgan fingerprint density at radius 2 is 2.00 bits per heavy atom. The lowest BCUT2D eigenvalue weighted by Crippen LogP contribution is -2.29. The average molecular weight is 165 g/mol. The fraction of sp³-hybridized carbons (Fsp3) is 0.400. The Balaban J connectivity index is 2.51. The van der Waals surface area contributed by atoms with Crippen LogP contribution in [0.15, 0.2) is 30.3 Å². The van der Waals surface area contributed by atoms with E-state index in [1.165, 1.54) is 5.56 Å². The van der Waals surface area contributed by atoms with Crippen LogP contribution in [0.3, 0.4) is 0 Å². The molecule has 0 heterocycles. The third kappa shape index (κ3) is 2.64. The molecule has 0 spiro atoms. The molecular weight excluding hydrogens is 150 g/mol. The third-order valence-electron chi connectivity index (χ3n) is 1.87. The molecule has 1 aromatic rings. The molecule has 0 radical (unpaired) electrons. The van der Waals surface area contributed by atoms with Crippen LogP contribution in [0, 0.1) is 0 Å². The number of likely N-dealkylation sites (N-methyl/N-ethyl adjacent to an activating group) is 1. The summed E-state index contributed by atoms with van der Waals surface area (Å²) in [5.74, 6) is 0. The molecule has 0 saturated heterocycles. The van der Waals surface area contributed by atoms with Gasteiger partial charge in [-0.1, -0.05) is 30.3 Å². The molecule has 2 heteroatoms. The molecule has 0 aliphatic carbocycles. The monoisotopic (exact) mass is 165 g/mol. The van der Waals surface area contributed by atoms with Gasteiger partial charge in [0.15, 0.2) is 0 Å². The van der Waals surface area contributed by atoms with E-state index in [9.17, 15) is 0 Å². The van der Waals surface area contributed by atoms with Gasteiger partial charge >= 0.3 is 0 Å². The van der Waals surface area contributed by atoms with E-state index in [-0.39, 0.29) is 6.23 Å². The highest BCUT2D eigenvalue weighted by Gasteiger charge is 2.03. The smallest absolute Gasteiger partial charge is 0.111 e. The molecule has 0 bridgehead atoms. The number of rotatable bonds is 4. The molecular formula is C10H15NO. The van der Waals surface area contributed by atoms with E-state index in [2.05, 4.69) is 17.4 Å². The predicted octanol–water partition coefficient (Wildman–Crippen LogP) is 1.42. The van der Waals surface area contributed by atoms with E-state index in [1.54, 1.807) is 7.11 Å². The summed E-state index contributed by atoms with van der Waals surface area (Å²) in [7, 11) is 3.61. The quantitative estimate of drug-likeness (QED) is 0.681. The van der Waals surface area contributed by atoms with E-state index in [0.717, 1.165) is 6.42 Å². The van der Waals surface area contributed by atoms with Crippen LogP contribution in [0.1, 0.15) is 5.56 Å². The molecule has 1 N–H and O–H groups in total. The second kappa shape index (κ2) is 4.91. The molecule has 0 amide bonds. The van der Waals surface area contributed by atoms with Crippen molar-refractivity contribution in [1.29, 1.82) is 0 Å². The fourth-order valence-corrected chi connectivity index (χ4v) is 1.13. The predicted molar refractivity (Wildman–Crippen MR) is 50.0 cm³/mol. The SMILES string of the molecule is CNC(Cc1ccccc1)OC. The first kappa shape index (κ1) is 9.23. The first-order valence-electron chi connectivity index (χ1n) is 4.11. The van der Waals surface area contributed by atoms with E-state index in [4.69, 9.17) is 4.74 Å². The molecule has 1 rings (SSSR count). The van der Waals surface area contributed by atoms with Crippen molar-refractivity contribution < 1.29 is 4.74 Å². The maximum absolute atomic E-state index is 5.19. The Morgan fingerprint density at radius 1 is 1.33 bits per heavy atom. The first-order chi connectivity index (χ1) is 5.86. The van der Waals surface area contributed by atoms with E-state index >= 15 is 0 Å². The average Bonchev–Trinajstić information content (AvgIpc) is 2.16. The van der Waals surface area contributed by atoms with E-state index < -0.39 is 0 Å². The minimum Gasteiger partial charge on any atom is -0.366 e. The van der Waals surface area contributed by atoms with Gasteiger partial charge < -0.3 is 4.74 Å². The van der Waals surface area contributed by atoms with Gasteiger partial charge in [0.1, 0.15) is 6.23 Å². The van der Waals surface area contributed by atoms with Crippen molar-refractivity contribution >= 4 is 0 Å². The van der Waals surface area contributed by atoms with Crippen molar-refractivity contribution in [2.75, 3.05) is 14.2 Å². The van der Waals surface area contributed by atoms with Gasteiger partial charge in [-0.25, -0.2) is 0 Å². The van der Waals surface area contributed by atoms with Crippen molar-refractivity contribution in [1.82, 2.24) is 5.32 Å². The van der Waals surface area contributed by atoms with Crippen molar-refractivity contribution in [3.8, 4) is 0 Å². The maximum Gasteiger partial charge on any atom is 0.111 e. The zero-order chi connectivity index (χ0) is 8.81. The van der Waals surface area contributed by atoms with Gasteiger partial charge in [0.05, 0.1) is 0 Å². The lowest BCUT2D eigenvalue weighted by molar-refractivity contribution is 0.0812.